The van der Waals surface area contributed by atoms with Crippen molar-refractivity contribution < 1.29 is 9.53 Å². The lowest BCUT2D eigenvalue weighted by atomic mass is 9.99. The van der Waals surface area contributed by atoms with Gasteiger partial charge in [-0.3, -0.25) is 4.79 Å². The smallest absolute Gasteiger partial charge is 0.207 e. The van der Waals surface area contributed by atoms with Gasteiger partial charge in [-0.1, -0.05) is 61.0 Å². The molecule has 0 radical (unpaired) electrons. The molecule has 1 aromatic carbocycles. The molecule has 182 valence electrons. The number of fused-ring (bicyclic) bond motifs is 1. The average Bonchev–Trinajstić information content (AvgIpc) is 2.84. The van der Waals surface area contributed by atoms with Crippen molar-refractivity contribution in [1.29, 1.82) is 0 Å². The third-order valence-corrected chi connectivity index (χ3v) is 4.83. The number of piperidine rings is 1. The molecule has 0 aliphatic carbocycles. The maximum Gasteiger partial charge on any atom is 0.207 e. The van der Waals surface area contributed by atoms with Crippen LogP contribution >= 0.6 is 0 Å². The Kier molecular flexibility index (Phi) is 23.5. The Morgan fingerprint density at radius 3 is 2.29 bits per heavy atom. The van der Waals surface area contributed by atoms with E-state index < -0.39 is 0 Å². The molecule has 2 aliphatic heterocycles. The molecule has 1 aromatic rings. The van der Waals surface area contributed by atoms with Crippen LogP contribution in [-0.4, -0.2) is 51.1 Å². The highest BCUT2D eigenvalue weighted by Crippen LogP contribution is 2.19. The first-order valence-electron chi connectivity index (χ1n) is 12.4. The Morgan fingerprint density at radius 1 is 1.13 bits per heavy atom. The minimum Gasteiger partial charge on any atom is -0.497 e. The molecule has 0 aromatic heterocycles. The number of hydrogen-bond donors (Lipinski definition) is 2. The van der Waals surface area contributed by atoms with E-state index in [2.05, 4.69) is 48.4 Å². The summed E-state index contributed by atoms with van der Waals surface area (Å²) in [6.45, 7) is 20.8. The quantitative estimate of drug-likeness (QED) is 0.486. The monoisotopic (exact) mass is 437 g/mol. The van der Waals surface area contributed by atoms with E-state index in [0.717, 1.165) is 50.7 Å². The number of amides is 1. The Balaban J connectivity index is 0. The zero-order chi connectivity index (χ0) is 23.9. The molecule has 3 rings (SSSR count). The van der Waals surface area contributed by atoms with Crippen LogP contribution in [0.5, 0.6) is 5.75 Å². The maximum atomic E-state index is 9.97. The van der Waals surface area contributed by atoms with Gasteiger partial charge in [0.2, 0.25) is 6.41 Å². The molecule has 2 heterocycles. The standard InChI is InChI=1S/C10H13NO.C9H18N2O.C3H8.2C2H6/c1-12-10-3-2-8-4-5-11-7-9(8)6-10;1-9-2-5-11(6-3-9)7-4-10-8-12;1-3-2;2*1-2/h2-3,6,11H,4-5,7H2,1H3;8-9H,2-7H2,1H3,(H,10,12);3H2,1-2H3;2*1-2H3. The first-order valence-corrected chi connectivity index (χ1v) is 12.4. The van der Waals surface area contributed by atoms with Crippen molar-refractivity contribution in [3.8, 4) is 5.75 Å². The Hall–Kier alpha value is -1.59. The van der Waals surface area contributed by atoms with Gasteiger partial charge in [0.05, 0.1) is 7.11 Å². The first kappa shape index (κ1) is 31.6. The lowest BCUT2D eigenvalue weighted by Gasteiger charge is -2.29. The highest BCUT2D eigenvalue weighted by molar-refractivity contribution is 5.45. The summed E-state index contributed by atoms with van der Waals surface area (Å²) in [7, 11) is 1.71. The normalized spacial score (nSPS) is 15.0. The van der Waals surface area contributed by atoms with Gasteiger partial charge >= 0.3 is 0 Å². The highest BCUT2D eigenvalue weighted by Gasteiger charge is 2.14. The van der Waals surface area contributed by atoms with Crippen LogP contribution in [0.3, 0.4) is 0 Å². The summed E-state index contributed by atoms with van der Waals surface area (Å²) in [5, 5.41) is 6.02. The summed E-state index contributed by atoms with van der Waals surface area (Å²) < 4.78 is 5.15. The van der Waals surface area contributed by atoms with Crippen molar-refractivity contribution in [3.63, 3.8) is 0 Å². The van der Waals surface area contributed by atoms with Gasteiger partial charge in [0.1, 0.15) is 5.75 Å². The number of hydrogen-bond acceptors (Lipinski definition) is 4. The SMILES string of the molecule is CC.CC.CC1CCN(CCNC=O)CC1.CCC.COc1ccc2c(c1)CNCC2. The summed E-state index contributed by atoms with van der Waals surface area (Å²) >= 11 is 0. The molecule has 5 heteroatoms. The van der Waals surface area contributed by atoms with Crippen LogP contribution in [0.25, 0.3) is 0 Å². The number of carbonyl (C=O) groups is 1. The summed E-state index contributed by atoms with van der Waals surface area (Å²) in [4.78, 5) is 12.4. The summed E-state index contributed by atoms with van der Waals surface area (Å²) in [6.07, 6.45) is 5.77. The molecule has 2 aliphatic rings. The number of carbonyl (C=O) groups excluding carboxylic acids is 1. The third-order valence-electron chi connectivity index (χ3n) is 4.83. The van der Waals surface area contributed by atoms with Crippen LogP contribution in [0.1, 0.15) is 78.9 Å². The van der Waals surface area contributed by atoms with Crippen LogP contribution in [0.15, 0.2) is 18.2 Å². The van der Waals surface area contributed by atoms with Crippen molar-refractivity contribution in [3.05, 3.63) is 29.3 Å². The van der Waals surface area contributed by atoms with Crippen molar-refractivity contribution in [2.45, 2.75) is 80.7 Å². The lowest BCUT2D eigenvalue weighted by Crippen LogP contribution is -2.37. The van der Waals surface area contributed by atoms with E-state index in [9.17, 15) is 4.79 Å². The number of likely N-dealkylation sites (tertiary alicyclic amines) is 1. The van der Waals surface area contributed by atoms with Crippen LogP contribution in [0, 0.1) is 5.92 Å². The number of methoxy groups -OCH3 is 1. The van der Waals surface area contributed by atoms with E-state index in [4.69, 9.17) is 4.74 Å². The van der Waals surface area contributed by atoms with Crippen LogP contribution in [-0.2, 0) is 17.8 Å². The van der Waals surface area contributed by atoms with Gasteiger partial charge in [-0.25, -0.2) is 0 Å². The number of rotatable bonds is 5. The number of nitrogens with zero attached hydrogens (tertiary/aromatic N) is 1. The minimum atomic E-state index is 0.770. The molecule has 5 nitrogen and oxygen atoms in total. The molecule has 31 heavy (non-hydrogen) atoms. The summed E-state index contributed by atoms with van der Waals surface area (Å²) in [6, 6.07) is 6.31. The van der Waals surface area contributed by atoms with Crippen LogP contribution < -0.4 is 15.4 Å². The predicted molar refractivity (Wildman–Crippen MR) is 136 cm³/mol. The number of nitrogens with one attached hydrogen (secondary N) is 2. The van der Waals surface area contributed by atoms with E-state index in [1.54, 1.807) is 7.11 Å². The maximum absolute atomic E-state index is 9.97. The van der Waals surface area contributed by atoms with Gasteiger partial charge in [0.15, 0.2) is 0 Å². The van der Waals surface area contributed by atoms with E-state index in [-0.39, 0.29) is 0 Å². The van der Waals surface area contributed by atoms with Crippen molar-refractivity contribution in [2.75, 3.05) is 39.8 Å². The Bertz CT molecular complexity index is 515. The summed E-state index contributed by atoms with van der Waals surface area (Å²) in [5.74, 6) is 1.85. The zero-order valence-corrected chi connectivity index (χ0v) is 21.7. The fourth-order valence-corrected chi connectivity index (χ4v) is 3.15. The molecule has 2 N–H and O–H groups in total. The Morgan fingerprint density at radius 2 is 1.74 bits per heavy atom. The van der Waals surface area contributed by atoms with Gasteiger partial charge < -0.3 is 20.3 Å². The lowest BCUT2D eigenvalue weighted by molar-refractivity contribution is -0.109. The second kappa shape index (κ2) is 23.1. The zero-order valence-electron chi connectivity index (χ0n) is 21.7. The van der Waals surface area contributed by atoms with Gasteiger partial charge in [0, 0.05) is 19.6 Å². The van der Waals surface area contributed by atoms with Crippen LogP contribution in [0.2, 0.25) is 0 Å². The molecular formula is C26H51N3O2. The fraction of sp³-hybridized carbons (Fsp3) is 0.731. The summed E-state index contributed by atoms with van der Waals surface area (Å²) in [5.41, 5.74) is 2.83. The molecule has 0 bridgehead atoms. The predicted octanol–water partition coefficient (Wildman–Crippen LogP) is 5.27. The molecule has 0 unspecified atom stereocenters. The van der Waals surface area contributed by atoms with Gasteiger partial charge in [-0.05, 0) is 68.1 Å². The van der Waals surface area contributed by atoms with Gasteiger partial charge in [-0.15, -0.1) is 0 Å². The van der Waals surface area contributed by atoms with E-state index in [1.807, 2.05) is 33.8 Å². The topological polar surface area (TPSA) is 53.6 Å². The molecular weight excluding hydrogens is 386 g/mol. The van der Waals surface area contributed by atoms with Gasteiger partial charge in [-0.2, -0.15) is 0 Å². The van der Waals surface area contributed by atoms with E-state index in [1.165, 1.54) is 43.5 Å². The van der Waals surface area contributed by atoms with Crippen LogP contribution in [0.4, 0.5) is 0 Å². The molecule has 1 saturated heterocycles. The molecule has 1 fully saturated rings. The molecule has 1 amide bonds. The molecule has 0 spiro atoms. The van der Waals surface area contributed by atoms with E-state index in [0.29, 0.717) is 0 Å². The number of benzene rings is 1. The first-order chi connectivity index (χ1) is 15.1. The fourth-order valence-electron chi connectivity index (χ4n) is 3.15. The largest absolute Gasteiger partial charge is 0.497 e. The molecule has 0 saturated carbocycles. The highest BCUT2D eigenvalue weighted by atomic mass is 16.5. The number of ether oxygens (including phenoxy) is 1. The van der Waals surface area contributed by atoms with Gasteiger partial charge in [0.25, 0.3) is 0 Å². The average molecular weight is 438 g/mol. The van der Waals surface area contributed by atoms with Crippen molar-refractivity contribution in [2.24, 2.45) is 5.92 Å². The third kappa shape index (κ3) is 15.8. The minimum absolute atomic E-state index is 0.770. The Labute approximate surface area is 193 Å². The van der Waals surface area contributed by atoms with E-state index >= 15 is 0 Å². The second-order valence-corrected chi connectivity index (χ2v) is 7.36. The molecule has 0 atom stereocenters. The van der Waals surface area contributed by atoms with Crippen molar-refractivity contribution >= 4 is 6.41 Å². The second-order valence-electron chi connectivity index (χ2n) is 7.36. The van der Waals surface area contributed by atoms with Crippen molar-refractivity contribution in [1.82, 2.24) is 15.5 Å².